The Morgan fingerprint density at radius 1 is 0.943 bits per heavy atom. The van der Waals surface area contributed by atoms with Gasteiger partial charge < -0.3 is 5.32 Å². The number of hydrogen-bond donors (Lipinski definition) is 1. The highest BCUT2D eigenvalue weighted by molar-refractivity contribution is 8.02. The summed E-state index contributed by atoms with van der Waals surface area (Å²) in [4.78, 5) is 42.2. The smallest absolute Gasteiger partial charge is 0.269 e. The van der Waals surface area contributed by atoms with Crippen molar-refractivity contribution < 1.29 is 14.4 Å². The van der Waals surface area contributed by atoms with Gasteiger partial charge in [-0.2, -0.15) is 0 Å². The SMILES string of the molecule is Cc1ccc(NC(=O)CN2C(=O)[C@]3(SCC(=O)N3c3ccc(C)c(C)c3)c3ccccc32)c(C)c1. The standard InChI is InChI=1S/C28H27N3O3S/c1-17-9-12-23(20(4)13-17)29-25(32)15-30-24-8-6-5-7-22(24)28(27(30)34)31(26(33)16-35-28)21-11-10-18(2)19(3)14-21/h5-14H,15-16H2,1-4H3,(H,29,32)/t28-/m1/s1. The number of fused-ring (bicyclic) bond motifs is 2. The van der Waals surface area contributed by atoms with Crippen LogP contribution < -0.4 is 15.1 Å². The van der Waals surface area contributed by atoms with Crippen molar-refractivity contribution in [3.63, 3.8) is 0 Å². The van der Waals surface area contributed by atoms with Gasteiger partial charge in [-0.15, -0.1) is 11.8 Å². The zero-order chi connectivity index (χ0) is 24.9. The lowest BCUT2D eigenvalue weighted by Crippen LogP contribution is -2.51. The molecule has 35 heavy (non-hydrogen) atoms. The largest absolute Gasteiger partial charge is 0.324 e. The Labute approximate surface area is 209 Å². The van der Waals surface area contributed by atoms with E-state index in [2.05, 4.69) is 5.32 Å². The van der Waals surface area contributed by atoms with Gasteiger partial charge in [0.25, 0.3) is 5.91 Å². The number of rotatable bonds is 4. The van der Waals surface area contributed by atoms with Gasteiger partial charge >= 0.3 is 0 Å². The van der Waals surface area contributed by atoms with Crippen molar-refractivity contribution in [2.24, 2.45) is 0 Å². The van der Waals surface area contributed by atoms with Crippen molar-refractivity contribution in [3.8, 4) is 0 Å². The summed E-state index contributed by atoms with van der Waals surface area (Å²) >= 11 is 1.32. The van der Waals surface area contributed by atoms with Crippen LogP contribution in [0, 0.1) is 27.7 Å². The molecule has 7 heteroatoms. The fourth-order valence-corrected chi connectivity index (χ4v) is 6.22. The Morgan fingerprint density at radius 3 is 2.46 bits per heavy atom. The van der Waals surface area contributed by atoms with Crippen LogP contribution in [-0.2, 0) is 19.3 Å². The molecule has 0 bridgehead atoms. The number of thioether (sulfide) groups is 1. The van der Waals surface area contributed by atoms with E-state index in [0.717, 1.165) is 33.5 Å². The molecule has 1 fully saturated rings. The third-order valence-corrected chi connectivity index (χ3v) is 8.16. The van der Waals surface area contributed by atoms with Gasteiger partial charge in [0.05, 0.1) is 11.4 Å². The molecule has 0 saturated carbocycles. The van der Waals surface area contributed by atoms with E-state index in [0.29, 0.717) is 11.4 Å². The second kappa shape index (κ2) is 8.57. The van der Waals surface area contributed by atoms with E-state index in [1.807, 2.05) is 88.4 Å². The molecule has 0 aliphatic carbocycles. The minimum atomic E-state index is -1.23. The van der Waals surface area contributed by atoms with Crippen molar-refractivity contribution >= 4 is 46.5 Å². The zero-order valence-electron chi connectivity index (χ0n) is 20.2. The van der Waals surface area contributed by atoms with E-state index in [-0.39, 0.29) is 30.0 Å². The lowest BCUT2D eigenvalue weighted by Gasteiger charge is -2.33. The van der Waals surface area contributed by atoms with Crippen LogP contribution in [0.1, 0.15) is 27.8 Å². The number of hydrogen-bond acceptors (Lipinski definition) is 4. The summed E-state index contributed by atoms with van der Waals surface area (Å²) in [6, 6.07) is 19.1. The van der Waals surface area contributed by atoms with Crippen LogP contribution in [0.15, 0.2) is 60.7 Å². The molecule has 2 aliphatic heterocycles. The Morgan fingerprint density at radius 2 is 1.71 bits per heavy atom. The molecule has 0 radical (unpaired) electrons. The van der Waals surface area contributed by atoms with Crippen LogP contribution in [0.25, 0.3) is 0 Å². The molecule has 3 aromatic carbocycles. The van der Waals surface area contributed by atoms with Crippen molar-refractivity contribution in [1.82, 2.24) is 0 Å². The molecular weight excluding hydrogens is 458 g/mol. The molecule has 1 saturated heterocycles. The number of benzene rings is 3. The minimum Gasteiger partial charge on any atom is -0.324 e. The number of amides is 3. The summed E-state index contributed by atoms with van der Waals surface area (Å²) in [5, 5.41) is 2.94. The quantitative estimate of drug-likeness (QED) is 0.574. The molecule has 2 heterocycles. The third-order valence-electron chi connectivity index (χ3n) is 6.77. The topological polar surface area (TPSA) is 69.7 Å². The summed E-state index contributed by atoms with van der Waals surface area (Å²) in [6.45, 7) is 7.81. The van der Waals surface area contributed by atoms with E-state index >= 15 is 0 Å². The first-order valence-electron chi connectivity index (χ1n) is 11.5. The Hall–Kier alpha value is -3.58. The van der Waals surface area contributed by atoms with Crippen LogP contribution in [0.3, 0.4) is 0 Å². The first-order valence-corrected chi connectivity index (χ1v) is 12.5. The van der Waals surface area contributed by atoms with Gasteiger partial charge in [-0.3, -0.25) is 24.2 Å². The maximum atomic E-state index is 14.1. The molecule has 1 N–H and O–H groups in total. The highest BCUT2D eigenvalue weighted by atomic mass is 32.2. The Balaban J connectivity index is 1.52. The predicted molar refractivity (Wildman–Crippen MR) is 141 cm³/mol. The molecule has 3 aromatic rings. The van der Waals surface area contributed by atoms with E-state index < -0.39 is 4.87 Å². The van der Waals surface area contributed by atoms with Crippen molar-refractivity contribution in [2.45, 2.75) is 32.6 Å². The van der Waals surface area contributed by atoms with Gasteiger partial charge in [0.2, 0.25) is 16.7 Å². The molecule has 178 valence electrons. The average molecular weight is 486 g/mol. The molecule has 0 unspecified atom stereocenters. The molecule has 1 atom stereocenters. The van der Waals surface area contributed by atoms with E-state index in [9.17, 15) is 14.4 Å². The van der Waals surface area contributed by atoms with Crippen molar-refractivity contribution in [3.05, 3.63) is 88.5 Å². The minimum absolute atomic E-state index is 0.122. The van der Waals surface area contributed by atoms with E-state index in [4.69, 9.17) is 0 Å². The molecule has 5 rings (SSSR count). The van der Waals surface area contributed by atoms with Gasteiger partial charge in [0.15, 0.2) is 0 Å². The van der Waals surface area contributed by atoms with Gasteiger partial charge in [0, 0.05) is 16.9 Å². The number of para-hydroxylation sites is 1. The maximum absolute atomic E-state index is 14.1. The second-order valence-corrected chi connectivity index (χ2v) is 10.4. The molecule has 2 aliphatic rings. The lowest BCUT2D eigenvalue weighted by atomic mass is 10.0. The summed E-state index contributed by atoms with van der Waals surface area (Å²) in [5.41, 5.74) is 7.03. The van der Waals surface area contributed by atoms with Crippen LogP contribution >= 0.6 is 11.8 Å². The molecule has 0 aromatic heterocycles. The third kappa shape index (κ3) is 3.71. The monoisotopic (exact) mass is 485 g/mol. The Kier molecular flexibility index (Phi) is 5.68. The number of nitrogens with one attached hydrogen (secondary N) is 1. The summed E-state index contributed by atoms with van der Waals surface area (Å²) in [6.07, 6.45) is 0. The van der Waals surface area contributed by atoms with Crippen molar-refractivity contribution in [2.75, 3.05) is 27.4 Å². The highest BCUT2D eigenvalue weighted by Gasteiger charge is 2.61. The summed E-state index contributed by atoms with van der Waals surface area (Å²) < 4.78 is 0. The second-order valence-electron chi connectivity index (χ2n) is 9.21. The van der Waals surface area contributed by atoms with Crippen LogP contribution in [-0.4, -0.2) is 30.0 Å². The van der Waals surface area contributed by atoms with Crippen LogP contribution in [0.2, 0.25) is 0 Å². The fraction of sp³-hybridized carbons (Fsp3) is 0.250. The number of carbonyl (C=O) groups is 3. The number of aryl methyl sites for hydroxylation is 4. The maximum Gasteiger partial charge on any atom is 0.269 e. The fourth-order valence-electron chi connectivity index (χ4n) is 4.86. The van der Waals surface area contributed by atoms with Crippen molar-refractivity contribution in [1.29, 1.82) is 0 Å². The highest BCUT2D eigenvalue weighted by Crippen LogP contribution is 2.55. The van der Waals surface area contributed by atoms with Crippen LogP contribution in [0.4, 0.5) is 17.1 Å². The zero-order valence-corrected chi connectivity index (χ0v) is 21.0. The number of carbonyl (C=O) groups excluding carboxylic acids is 3. The van der Waals surface area contributed by atoms with Crippen LogP contribution in [0.5, 0.6) is 0 Å². The van der Waals surface area contributed by atoms with Gasteiger partial charge in [-0.25, -0.2) is 0 Å². The lowest BCUT2D eigenvalue weighted by molar-refractivity contribution is -0.124. The molecule has 1 spiro atoms. The molecule has 3 amide bonds. The summed E-state index contributed by atoms with van der Waals surface area (Å²) in [5.74, 6) is -0.494. The molecular formula is C28H27N3O3S. The van der Waals surface area contributed by atoms with Gasteiger partial charge in [0.1, 0.15) is 6.54 Å². The van der Waals surface area contributed by atoms with E-state index in [1.165, 1.54) is 16.7 Å². The van der Waals surface area contributed by atoms with E-state index in [1.54, 1.807) is 4.90 Å². The number of anilines is 3. The normalized spacial score (nSPS) is 19.0. The van der Waals surface area contributed by atoms with Gasteiger partial charge in [-0.1, -0.05) is 42.0 Å². The average Bonchev–Trinajstić information content (AvgIpc) is 3.29. The van der Waals surface area contributed by atoms with Gasteiger partial charge in [-0.05, 0) is 68.7 Å². The first kappa shape index (κ1) is 23.2. The predicted octanol–water partition coefficient (Wildman–Crippen LogP) is 4.84. The summed E-state index contributed by atoms with van der Waals surface area (Å²) in [7, 11) is 0. The first-order chi connectivity index (χ1) is 16.7. The Bertz CT molecular complexity index is 1390. The molecule has 6 nitrogen and oxygen atoms in total. The number of nitrogens with zero attached hydrogens (tertiary/aromatic N) is 2.